The molecule has 1 N–H and O–H groups in total. The van der Waals surface area contributed by atoms with Gasteiger partial charge in [-0.15, -0.1) is 0 Å². The number of Topliss-reactive ketones (excluding diaryl/α,β-unsaturated/α-hetero) is 1. The highest BCUT2D eigenvalue weighted by molar-refractivity contribution is 5.85. The predicted molar refractivity (Wildman–Crippen MR) is 143 cm³/mol. The molecule has 2 fully saturated rings. The van der Waals surface area contributed by atoms with Gasteiger partial charge in [-0.25, -0.2) is 9.37 Å². The number of fused-ring (bicyclic) bond motifs is 1. The lowest BCUT2D eigenvalue weighted by Crippen LogP contribution is -2.23. The van der Waals surface area contributed by atoms with Gasteiger partial charge in [0.2, 0.25) is 5.95 Å². The minimum atomic E-state index is -0.447. The Morgan fingerprint density at radius 1 is 1.21 bits per heavy atom. The first kappa shape index (κ1) is 25.4. The first-order chi connectivity index (χ1) is 18.7. The van der Waals surface area contributed by atoms with Gasteiger partial charge in [0.1, 0.15) is 17.3 Å². The summed E-state index contributed by atoms with van der Waals surface area (Å²) in [6, 6.07) is 5.34. The van der Waals surface area contributed by atoms with E-state index in [0.29, 0.717) is 59.6 Å². The molecule has 10 nitrogen and oxygen atoms in total. The molecule has 39 heavy (non-hydrogen) atoms. The quantitative estimate of drug-likeness (QED) is 0.337. The standard InChI is InChI=1S/C28H32FN7O3/c1-28(2,3)24-23(29)26(34-36(24)18-8-10-38-15-18)33-27-32-25-21(35(27)4)13-20(14-31-25)39-19-7-9-30-17(11-19)12-22(37)16-5-6-16/h7,9,11,13-14,16,18H,5-6,8,10,12,15H2,1-4H3,(H,31,32,33,34)/t18-/m0/s1. The van der Waals surface area contributed by atoms with Gasteiger partial charge in [-0.2, -0.15) is 10.1 Å². The van der Waals surface area contributed by atoms with Gasteiger partial charge in [0, 0.05) is 49.7 Å². The summed E-state index contributed by atoms with van der Waals surface area (Å²) in [5, 5.41) is 7.68. The Morgan fingerprint density at radius 2 is 2.03 bits per heavy atom. The van der Waals surface area contributed by atoms with Crippen LogP contribution in [-0.2, 0) is 28.4 Å². The van der Waals surface area contributed by atoms with Crippen molar-refractivity contribution in [2.45, 2.75) is 57.9 Å². The van der Waals surface area contributed by atoms with Crippen LogP contribution in [0, 0.1) is 11.7 Å². The first-order valence-electron chi connectivity index (χ1n) is 13.3. The number of ether oxygens (including phenoxy) is 2. The minimum absolute atomic E-state index is 0.00776. The molecule has 2 aliphatic rings. The third-order valence-electron chi connectivity index (χ3n) is 7.17. The number of carbonyl (C=O) groups excluding carboxylic acids is 1. The van der Waals surface area contributed by atoms with E-state index in [9.17, 15) is 4.79 Å². The molecular formula is C28H32FN7O3. The summed E-state index contributed by atoms with van der Waals surface area (Å²) in [5.74, 6) is 1.63. The Kier molecular flexibility index (Phi) is 6.33. The third kappa shape index (κ3) is 5.10. The average molecular weight is 534 g/mol. The van der Waals surface area contributed by atoms with E-state index >= 15 is 4.39 Å². The van der Waals surface area contributed by atoms with E-state index < -0.39 is 11.2 Å². The number of nitrogens with zero attached hydrogens (tertiary/aromatic N) is 6. The second-order valence-electron chi connectivity index (χ2n) is 11.4. The zero-order valence-electron chi connectivity index (χ0n) is 22.6. The second-order valence-corrected chi connectivity index (χ2v) is 11.4. The molecule has 0 bridgehead atoms. The Bertz CT molecular complexity index is 1540. The molecular weight excluding hydrogens is 501 g/mol. The molecule has 0 unspecified atom stereocenters. The Balaban J connectivity index is 1.25. The fourth-order valence-electron chi connectivity index (χ4n) is 4.95. The van der Waals surface area contributed by atoms with Crippen LogP contribution in [0.5, 0.6) is 11.5 Å². The minimum Gasteiger partial charge on any atom is -0.456 e. The number of hydrogen-bond donors (Lipinski definition) is 1. The van der Waals surface area contributed by atoms with Crippen molar-refractivity contribution in [3.05, 3.63) is 47.8 Å². The molecule has 5 heterocycles. The van der Waals surface area contributed by atoms with Crippen molar-refractivity contribution >= 4 is 28.7 Å². The van der Waals surface area contributed by atoms with E-state index in [0.717, 1.165) is 19.3 Å². The normalized spacial score (nSPS) is 17.6. The van der Waals surface area contributed by atoms with Crippen molar-refractivity contribution < 1.29 is 18.7 Å². The molecule has 1 saturated heterocycles. The molecule has 0 aromatic carbocycles. The van der Waals surface area contributed by atoms with Gasteiger partial charge in [-0.05, 0) is 25.3 Å². The topological polar surface area (TPSA) is 109 Å². The fourth-order valence-corrected chi connectivity index (χ4v) is 4.95. The fraction of sp³-hybridized carbons (Fsp3) is 0.464. The van der Waals surface area contributed by atoms with Gasteiger partial charge in [0.25, 0.3) is 0 Å². The van der Waals surface area contributed by atoms with Crippen molar-refractivity contribution in [3.8, 4) is 11.5 Å². The van der Waals surface area contributed by atoms with Crippen LogP contribution in [0.15, 0.2) is 30.6 Å². The van der Waals surface area contributed by atoms with Gasteiger partial charge in [-0.1, -0.05) is 20.8 Å². The highest BCUT2D eigenvalue weighted by Gasteiger charge is 2.33. The van der Waals surface area contributed by atoms with Gasteiger partial charge < -0.3 is 19.4 Å². The largest absolute Gasteiger partial charge is 0.456 e. The summed E-state index contributed by atoms with van der Waals surface area (Å²) >= 11 is 0. The molecule has 1 aliphatic carbocycles. The van der Waals surface area contributed by atoms with E-state index in [1.54, 1.807) is 33.8 Å². The summed E-state index contributed by atoms with van der Waals surface area (Å²) in [4.78, 5) is 25.5. The highest BCUT2D eigenvalue weighted by atomic mass is 19.1. The Labute approximate surface area is 225 Å². The zero-order valence-corrected chi connectivity index (χ0v) is 22.6. The lowest BCUT2D eigenvalue weighted by molar-refractivity contribution is -0.119. The number of carbonyl (C=O) groups is 1. The van der Waals surface area contributed by atoms with Gasteiger partial charge in [0.15, 0.2) is 17.3 Å². The van der Waals surface area contributed by atoms with Crippen LogP contribution in [-0.4, -0.2) is 48.3 Å². The molecule has 4 aromatic rings. The van der Waals surface area contributed by atoms with Crippen molar-refractivity contribution in [2.75, 3.05) is 18.5 Å². The number of hydrogen-bond acceptors (Lipinski definition) is 8. The molecule has 204 valence electrons. The van der Waals surface area contributed by atoms with Crippen LogP contribution < -0.4 is 10.1 Å². The first-order valence-corrected chi connectivity index (χ1v) is 13.3. The van der Waals surface area contributed by atoms with Gasteiger partial charge >= 0.3 is 0 Å². The maximum Gasteiger partial charge on any atom is 0.210 e. The number of pyridine rings is 2. The zero-order chi connectivity index (χ0) is 27.3. The van der Waals surface area contributed by atoms with Crippen LogP contribution in [0.3, 0.4) is 0 Å². The number of halogens is 1. The van der Waals surface area contributed by atoms with Crippen LogP contribution in [0.25, 0.3) is 11.2 Å². The number of ketones is 1. The van der Waals surface area contributed by atoms with E-state index in [-0.39, 0.29) is 23.6 Å². The lowest BCUT2D eigenvalue weighted by atomic mass is 9.91. The Morgan fingerprint density at radius 3 is 2.74 bits per heavy atom. The number of imidazole rings is 1. The van der Waals surface area contributed by atoms with E-state index in [1.807, 2.05) is 33.9 Å². The van der Waals surface area contributed by atoms with E-state index in [2.05, 4.69) is 25.4 Å². The van der Waals surface area contributed by atoms with Gasteiger partial charge in [-0.3, -0.25) is 14.5 Å². The predicted octanol–water partition coefficient (Wildman–Crippen LogP) is 5.02. The smallest absolute Gasteiger partial charge is 0.210 e. The average Bonchev–Trinajstić information content (AvgIpc) is 3.37. The van der Waals surface area contributed by atoms with Crippen LogP contribution in [0.1, 0.15) is 57.5 Å². The number of aryl methyl sites for hydroxylation is 1. The highest BCUT2D eigenvalue weighted by Crippen LogP contribution is 2.35. The SMILES string of the molecule is Cn1c(Nc2nn([C@H]3CCOC3)c(C(C)(C)C)c2F)nc2ncc(Oc3ccnc(CC(=O)C4CC4)c3)cc21. The molecule has 0 spiro atoms. The maximum absolute atomic E-state index is 15.7. The summed E-state index contributed by atoms with van der Waals surface area (Å²) in [7, 11) is 1.82. The van der Waals surface area contributed by atoms with Crippen LogP contribution >= 0.6 is 0 Å². The third-order valence-corrected chi connectivity index (χ3v) is 7.17. The second kappa shape index (κ2) is 9.71. The Hall–Kier alpha value is -3.86. The van der Waals surface area contributed by atoms with Gasteiger partial charge in [0.05, 0.1) is 35.8 Å². The summed E-state index contributed by atoms with van der Waals surface area (Å²) in [6.07, 6.45) is 6.28. The molecule has 0 amide bonds. The van der Waals surface area contributed by atoms with Crippen molar-refractivity contribution in [2.24, 2.45) is 13.0 Å². The molecule has 1 saturated carbocycles. The monoisotopic (exact) mass is 533 g/mol. The number of aromatic nitrogens is 6. The van der Waals surface area contributed by atoms with Crippen LogP contribution in [0.4, 0.5) is 16.2 Å². The summed E-state index contributed by atoms with van der Waals surface area (Å²) < 4.78 is 30.8. The molecule has 1 atom stereocenters. The molecule has 11 heteroatoms. The molecule has 4 aromatic heterocycles. The maximum atomic E-state index is 15.7. The molecule has 6 rings (SSSR count). The number of anilines is 2. The lowest BCUT2D eigenvalue weighted by Gasteiger charge is -2.22. The van der Waals surface area contributed by atoms with Crippen molar-refractivity contribution in [1.29, 1.82) is 0 Å². The molecule has 0 radical (unpaired) electrons. The van der Waals surface area contributed by atoms with Crippen molar-refractivity contribution in [3.63, 3.8) is 0 Å². The van der Waals surface area contributed by atoms with Crippen LogP contribution in [0.2, 0.25) is 0 Å². The van der Waals surface area contributed by atoms with Crippen molar-refractivity contribution in [1.82, 2.24) is 29.3 Å². The summed E-state index contributed by atoms with van der Waals surface area (Å²) in [6.45, 7) is 7.07. The number of rotatable bonds is 8. The van der Waals surface area contributed by atoms with E-state index in [4.69, 9.17) is 9.47 Å². The number of nitrogens with one attached hydrogen (secondary N) is 1. The summed E-state index contributed by atoms with van der Waals surface area (Å²) in [5.41, 5.74) is 1.96. The molecule has 1 aliphatic heterocycles. The van der Waals surface area contributed by atoms with E-state index in [1.165, 1.54) is 0 Å².